The highest BCUT2D eigenvalue weighted by atomic mass is 16.5. The Bertz CT molecular complexity index is 134. The first kappa shape index (κ1) is 9.01. The minimum atomic E-state index is 0.324. The van der Waals surface area contributed by atoms with E-state index >= 15 is 0 Å². The zero-order chi connectivity index (χ0) is 8.48. The van der Waals surface area contributed by atoms with Gasteiger partial charge in [0.05, 0.1) is 6.10 Å². The maximum atomic E-state index is 5.59. The lowest BCUT2D eigenvalue weighted by Gasteiger charge is -2.51. The van der Waals surface area contributed by atoms with Crippen LogP contribution < -0.4 is 5.32 Å². The van der Waals surface area contributed by atoms with Crippen molar-refractivity contribution in [3.8, 4) is 0 Å². The molecule has 0 aromatic heterocycles. The van der Waals surface area contributed by atoms with E-state index in [1.165, 1.54) is 0 Å². The van der Waals surface area contributed by atoms with E-state index in [-0.39, 0.29) is 0 Å². The average Bonchev–Trinajstić information content (AvgIpc) is 1.97. The van der Waals surface area contributed by atoms with Crippen LogP contribution in [-0.4, -0.2) is 25.8 Å². The quantitative estimate of drug-likeness (QED) is 0.669. The molecule has 2 heteroatoms. The maximum absolute atomic E-state index is 5.59. The van der Waals surface area contributed by atoms with Crippen molar-refractivity contribution in [1.29, 1.82) is 0 Å². The average molecular weight is 157 g/mol. The lowest BCUT2D eigenvalue weighted by atomic mass is 9.64. The Morgan fingerprint density at radius 1 is 1.55 bits per heavy atom. The summed E-state index contributed by atoms with van der Waals surface area (Å²) in [5.41, 5.74) is 0.324. The first-order chi connectivity index (χ1) is 5.12. The summed E-state index contributed by atoms with van der Waals surface area (Å²) in [7, 11) is 2.02. The molecule has 0 aromatic rings. The second-order valence-corrected chi connectivity index (χ2v) is 3.84. The summed E-state index contributed by atoms with van der Waals surface area (Å²) in [6, 6.07) is 0.638. The third-order valence-electron chi connectivity index (χ3n) is 2.89. The molecule has 0 heterocycles. The van der Waals surface area contributed by atoms with E-state index in [1.54, 1.807) is 0 Å². The highest BCUT2D eigenvalue weighted by Gasteiger charge is 2.47. The number of hydrogen-bond donors (Lipinski definition) is 1. The van der Waals surface area contributed by atoms with Crippen LogP contribution in [-0.2, 0) is 4.74 Å². The highest BCUT2D eigenvalue weighted by Crippen LogP contribution is 2.42. The molecule has 0 aromatic carbocycles. The van der Waals surface area contributed by atoms with Gasteiger partial charge in [0.1, 0.15) is 0 Å². The van der Waals surface area contributed by atoms with Gasteiger partial charge in [0, 0.05) is 18.1 Å². The molecule has 1 fully saturated rings. The van der Waals surface area contributed by atoms with Crippen molar-refractivity contribution < 1.29 is 4.74 Å². The van der Waals surface area contributed by atoms with Crippen molar-refractivity contribution in [1.82, 2.24) is 5.32 Å². The van der Waals surface area contributed by atoms with E-state index in [0.717, 1.165) is 13.0 Å². The van der Waals surface area contributed by atoms with Gasteiger partial charge in [-0.3, -0.25) is 0 Å². The van der Waals surface area contributed by atoms with Gasteiger partial charge in [-0.15, -0.1) is 0 Å². The molecule has 1 aliphatic rings. The first-order valence-corrected chi connectivity index (χ1v) is 4.41. The van der Waals surface area contributed by atoms with Crippen LogP contribution in [0.25, 0.3) is 0 Å². The van der Waals surface area contributed by atoms with Crippen molar-refractivity contribution in [3.05, 3.63) is 0 Å². The van der Waals surface area contributed by atoms with Crippen LogP contribution in [0, 0.1) is 5.41 Å². The van der Waals surface area contributed by atoms with Crippen molar-refractivity contribution in [2.45, 2.75) is 39.3 Å². The Kier molecular flexibility index (Phi) is 2.55. The normalized spacial score (nSPS) is 34.9. The van der Waals surface area contributed by atoms with Gasteiger partial charge in [0.25, 0.3) is 0 Å². The van der Waals surface area contributed by atoms with Gasteiger partial charge in [-0.2, -0.15) is 0 Å². The van der Waals surface area contributed by atoms with Crippen molar-refractivity contribution in [2.24, 2.45) is 5.41 Å². The SMILES string of the molecule is CCO[C@H]1C[C@H](NC)C1(C)C. The summed E-state index contributed by atoms with van der Waals surface area (Å²) in [4.78, 5) is 0. The van der Waals surface area contributed by atoms with E-state index in [4.69, 9.17) is 4.74 Å². The van der Waals surface area contributed by atoms with E-state index < -0.39 is 0 Å². The van der Waals surface area contributed by atoms with Crippen LogP contribution in [0.2, 0.25) is 0 Å². The highest BCUT2D eigenvalue weighted by molar-refractivity contribution is 5.01. The number of rotatable bonds is 3. The van der Waals surface area contributed by atoms with Gasteiger partial charge in [-0.05, 0) is 20.4 Å². The van der Waals surface area contributed by atoms with Gasteiger partial charge >= 0.3 is 0 Å². The molecule has 0 saturated heterocycles. The summed E-state index contributed by atoms with van der Waals surface area (Å²) in [6.45, 7) is 7.42. The lowest BCUT2D eigenvalue weighted by Crippen LogP contribution is -2.60. The third kappa shape index (κ3) is 1.42. The molecule has 66 valence electrons. The lowest BCUT2D eigenvalue weighted by molar-refractivity contribution is -0.112. The van der Waals surface area contributed by atoms with Crippen LogP contribution in [0.4, 0.5) is 0 Å². The van der Waals surface area contributed by atoms with E-state index in [1.807, 2.05) is 7.05 Å². The second-order valence-electron chi connectivity index (χ2n) is 3.84. The van der Waals surface area contributed by atoms with Crippen molar-refractivity contribution in [2.75, 3.05) is 13.7 Å². The zero-order valence-electron chi connectivity index (χ0n) is 7.98. The summed E-state index contributed by atoms with van der Waals surface area (Å²) >= 11 is 0. The Morgan fingerprint density at radius 3 is 2.55 bits per heavy atom. The van der Waals surface area contributed by atoms with Crippen LogP contribution in [0.1, 0.15) is 27.2 Å². The molecule has 1 N–H and O–H groups in total. The molecule has 2 atom stereocenters. The fourth-order valence-corrected chi connectivity index (χ4v) is 1.86. The van der Waals surface area contributed by atoms with Crippen molar-refractivity contribution >= 4 is 0 Å². The van der Waals surface area contributed by atoms with Gasteiger partial charge < -0.3 is 10.1 Å². The Labute approximate surface area is 69.3 Å². The summed E-state index contributed by atoms with van der Waals surface area (Å²) in [6.07, 6.45) is 1.63. The topological polar surface area (TPSA) is 21.3 Å². The van der Waals surface area contributed by atoms with Crippen LogP contribution in [0.15, 0.2) is 0 Å². The molecule has 1 saturated carbocycles. The fourth-order valence-electron chi connectivity index (χ4n) is 1.86. The molecular weight excluding hydrogens is 138 g/mol. The monoisotopic (exact) mass is 157 g/mol. The minimum Gasteiger partial charge on any atom is -0.378 e. The van der Waals surface area contributed by atoms with Crippen molar-refractivity contribution in [3.63, 3.8) is 0 Å². The molecule has 0 aliphatic heterocycles. The van der Waals surface area contributed by atoms with Crippen LogP contribution >= 0.6 is 0 Å². The summed E-state index contributed by atoms with van der Waals surface area (Å²) < 4.78 is 5.59. The molecule has 0 unspecified atom stereocenters. The van der Waals surface area contributed by atoms with Gasteiger partial charge in [0.2, 0.25) is 0 Å². The standard InChI is InChI=1S/C9H19NO/c1-5-11-8-6-7(10-4)9(8,2)3/h7-8,10H,5-6H2,1-4H3/t7-,8-/m0/s1. The molecule has 2 nitrogen and oxygen atoms in total. The fraction of sp³-hybridized carbons (Fsp3) is 1.00. The maximum Gasteiger partial charge on any atom is 0.0655 e. The van der Waals surface area contributed by atoms with E-state index in [9.17, 15) is 0 Å². The van der Waals surface area contributed by atoms with E-state index in [2.05, 4.69) is 26.1 Å². The minimum absolute atomic E-state index is 0.324. The van der Waals surface area contributed by atoms with Gasteiger partial charge in [0.15, 0.2) is 0 Å². The zero-order valence-corrected chi connectivity index (χ0v) is 7.98. The molecule has 0 radical (unpaired) electrons. The largest absolute Gasteiger partial charge is 0.378 e. The molecule has 1 rings (SSSR count). The number of ether oxygens (including phenoxy) is 1. The van der Waals surface area contributed by atoms with Crippen LogP contribution in [0.5, 0.6) is 0 Å². The first-order valence-electron chi connectivity index (χ1n) is 4.41. The molecule has 0 amide bonds. The number of nitrogens with one attached hydrogen (secondary N) is 1. The second kappa shape index (κ2) is 3.11. The Hall–Kier alpha value is -0.0800. The molecule has 1 aliphatic carbocycles. The molecule has 11 heavy (non-hydrogen) atoms. The third-order valence-corrected chi connectivity index (χ3v) is 2.89. The summed E-state index contributed by atoms with van der Waals surface area (Å²) in [5.74, 6) is 0. The predicted octanol–water partition coefficient (Wildman–Crippen LogP) is 1.41. The molecule has 0 spiro atoms. The van der Waals surface area contributed by atoms with E-state index in [0.29, 0.717) is 17.6 Å². The predicted molar refractivity (Wildman–Crippen MR) is 46.7 cm³/mol. The molecular formula is C9H19NO. The Morgan fingerprint density at radius 2 is 2.18 bits per heavy atom. The smallest absolute Gasteiger partial charge is 0.0655 e. The Balaban J connectivity index is 2.40. The van der Waals surface area contributed by atoms with Gasteiger partial charge in [-0.25, -0.2) is 0 Å². The number of hydrogen-bond acceptors (Lipinski definition) is 2. The molecule has 0 bridgehead atoms. The van der Waals surface area contributed by atoms with Gasteiger partial charge in [-0.1, -0.05) is 13.8 Å². The van der Waals surface area contributed by atoms with Crippen LogP contribution in [0.3, 0.4) is 0 Å². The summed E-state index contributed by atoms with van der Waals surface area (Å²) in [5, 5.41) is 3.30.